The molecule has 0 spiro atoms. The maximum atomic E-state index is 12.2. The van der Waals surface area contributed by atoms with Crippen LogP contribution in [0.1, 0.15) is 39.5 Å². The number of cyclic esters (lactones) is 1. The van der Waals surface area contributed by atoms with E-state index in [4.69, 9.17) is 4.74 Å². The highest BCUT2D eigenvalue weighted by Gasteiger charge is 2.46. The highest BCUT2D eigenvalue weighted by Crippen LogP contribution is 2.41. The van der Waals surface area contributed by atoms with Crippen LogP contribution in [0.2, 0.25) is 0 Å². The Morgan fingerprint density at radius 3 is 2.54 bits per heavy atom. The average Bonchev–Trinajstić information content (AvgIpc) is 2.97. The van der Waals surface area contributed by atoms with E-state index in [1.165, 1.54) is 0 Å². The molecule has 0 aromatic carbocycles. The van der Waals surface area contributed by atoms with E-state index in [0.29, 0.717) is 0 Å². The maximum absolute atomic E-state index is 12.2. The third-order valence-corrected chi connectivity index (χ3v) is 5.79. The molecular weight excluding hydrogens is 302 g/mol. The lowest BCUT2D eigenvalue weighted by Gasteiger charge is -2.35. The molecule has 0 amide bonds. The lowest BCUT2D eigenvalue weighted by Crippen LogP contribution is -2.47. The molecule has 2 aliphatic rings. The summed E-state index contributed by atoms with van der Waals surface area (Å²) in [5.74, 6) is 1.09. The molecule has 1 aromatic rings. The van der Waals surface area contributed by atoms with Gasteiger partial charge in [0.05, 0.1) is 5.41 Å². The van der Waals surface area contributed by atoms with Crippen LogP contribution < -0.4 is 4.90 Å². The SMILES string of the molecule is CCC1(CC)C[C@H](CCN2CCN(c3ccccn3)CC2)OC1=O. The van der Waals surface area contributed by atoms with Crippen molar-refractivity contribution in [3.8, 4) is 0 Å². The Labute approximate surface area is 145 Å². The van der Waals surface area contributed by atoms with Crippen LogP contribution in [0, 0.1) is 5.41 Å². The summed E-state index contributed by atoms with van der Waals surface area (Å²) in [5, 5.41) is 0. The fourth-order valence-electron chi connectivity index (χ4n) is 3.89. The van der Waals surface area contributed by atoms with Crippen LogP contribution in [0.3, 0.4) is 0 Å². The number of carbonyl (C=O) groups is 1. The third-order valence-electron chi connectivity index (χ3n) is 5.79. The highest BCUT2D eigenvalue weighted by atomic mass is 16.6. The Balaban J connectivity index is 1.44. The molecule has 0 unspecified atom stereocenters. The second kappa shape index (κ2) is 7.51. The van der Waals surface area contributed by atoms with E-state index in [-0.39, 0.29) is 17.5 Å². The van der Waals surface area contributed by atoms with E-state index in [0.717, 1.165) is 64.2 Å². The largest absolute Gasteiger partial charge is 0.462 e. The van der Waals surface area contributed by atoms with Crippen molar-refractivity contribution in [2.75, 3.05) is 37.6 Å². The Morgan fingerprint density at radius 1 is 1.21 bits per heavy atom. The zero-order valence-electron chi connectivity index (χ0n) is 14.9. The summed E-state index contributed by atoms with van der Waals surface area (Å²) in [5.41, 5.74) is -0.220. The molecule has 0 radical (unpaired) electrons. The summed E-state index contributed by atoms with van der Waals surface area (Å²) < 4.78 is 5.65. The summed E-state index contributed by atoms with van der Waals surface area (Å²) in [4.78, 5) is 21.4. The molecule has 0 aliphatic carbocycles. The number of anilines is 1. The van der Waals surface area contributed by atoms with Crippen molar-refractivity contribution in [1.82, 2.24) is 9.88 Å². The highest BCUT2D eigenvalue weighted by molar-refractivity contribution is 5.78. The predicted octanol–water partition coefficient (Wildman–Crippen LogP) is 2.72. The first-order valence-corrected chi connectivity index (χ1v) is 9.26. The minimum atomic E-state index is -0.220. The lowest BCUT2D eigenvalue weighted by molar-refractivity contribution is -0.149. The number of esters is 1. The minimum Gasteiger partial charge on any atom is -0.462 e. The number of nitrogens with zero attached hydrogens (tertiary/aromatic N) is 3. The van der Waals surface area contributed by atoms with Gasteiger partial charge in [0, 0.05) is 45.3 Å². The van der Waals surface area contributed by atoms with Crippen molar-refractivity contribution in [2.24, 2.45) is 5.41 Å². The first-order chi connectivity index (χ1) is 11.7. The smallest absolute Gasteiger partial charge is 0.312 e. The molecule has 1 aromatic heterocycles. The van der Waals surface area contributed by atoms with Crippen LogP contribution in [-0.2, 0) is 9.53 Å². The summed E-state index contributed by atoms with van der Waals surface area (Å²) >= 11 is 0. The molecule has 132 valence electrons. The Hall–Kier alpha value is -1.62. The molecule has 0 saturated carbocycles. The van der Waals surface area contributed by atoms with Crippen molar-refractivity contribution in [2.45, 2.75) is 45.6 Å². The number of pyridine rings is 1. The van der Waals surface area contributed by atoms with E-state index < -0.39 is 0 Å². The monoisotopic (exact) mass is 331 g/mol. The van der Waals surface area contributed by atoms with E-state index in [1.807, 2.05) is 18.3 Å². The second-order valence-corrected chi connectivity index (χ2v) is 7.02. The molecule has 2 fully saturated rings. The number of hydrogen-bond donors (Lipinski definition) is 0. The van der Waals surface area contributed by atoms with Gasteiger partial charge in [0.15, 0.2) is 0 Å². The van der Waals surface area contributed by atoms with Crippen LogP contribution >= 0.6 is 0 Å². The van der Waals surface area contributed by atoms with Gasteiger partial charge in [-0.3, -0.25) is 9.69 Å². The van der Waals surface area contributed by atoms with Gasteiger partial charge in [-0.2, -0.15) is 0 Å². The molecule has 3 heterocycles. The maximum Gasteiger partial charge on any atom is 0.312 e. The Bertz CT molecular complexity index is 537. The van der Waals surface area contributed by atoms with Gasteiger partial charge in [0.25, 0.3) is 0 Å². The molecule has 5 heteroatoms. The van der Waals surface area contributed by atoms with Gasteiger partial charge >= 0.3 is 5.97 Å². The Morgan fingerprint density at radius 2 is 1.96 bits per heavy atom. The fourth-order valence-corrected chi connectivity index (χ4v) is 3.89. The summed E-state index contributed by atoms with van der Waals surface area (Å²) in [6, 6.07) is 6.06. The van der Waals surface area contributed by atoms with E-state index in [2.05, 4.69) is 34.7 Å². The van der Waals surface area contributed by atoms with Gasteiger partial charge < -0.3 is 9.64 Å². The van der Waals surface area contributed by atoms with Crippen molar-refractivity contribution < 1.29 is 9.53 Å². The standard InChI is InChI=1S/C19H29N3O2/c1-3-19(4-2)15-16(24-18(19)23)8-10-21-11-13-22(14-12-21)17-7-5-6-9-20-17/h5-7,9,16H,3-4,8,10-15H2,1-2H3/t16-/m0/s1. The van der Waals surface area contributed by atoms with Crippen molar-refractivity contribution in [3.05, 3.63) is 24.4 Å². The van der Waals surface area contributed by atoms with E-state index >= 15 is 0 Å². The van der Waals surface area contributed by atoms with Crippen molar-refractivity contribution in [3.63, 3.8) is 0 Å². The molecule has 5 nitrogen and oxygen atoms in total. The second-order valence-electron chi connectivity index (χ2n) is 7.02. The molecular formula is C19H29N3O2. The quantitative estimate of drug-likeness (QED) is 0.750. The summed E-state index contributed by atoms with van der Waals surface area (Å²) in [6.45, 7) is 9.32. The van der Waals surface area contributed by atoms with Gasteiger partial charge in [-0.15, -0.1) is 0 Å². The number of aromatic nitrogens is 1. The molecule has 24 heavy (non-hydrogen) atoms. The molecule has 2 aliphatic heterocycles. The summed E-state index contributed by atoms with van der Waals surface area (Å²) in [6.07, 6.45) is 5.59. The molecule has 0 bridgehead atoms. The van der Waals surface area contributed by atoms with Crippen LogP contribution in [0.15, 0.2) is 24.4 Å². The van der Waals surface area contributed by atoms with Gasteiger partial charge in [-0.05, 0) is 31.4 Å². The van der Waals surface area contributed by atoms with Crippen LogP contribution in [0.25, 0.3) is 0 Å². The Kier molecular flexibility index (Phi) is 5.39. The summed E-state index contributed by atoms with van der Waals surface area (Å²) in [7, 11) is 0. The van der Waals surface area contributed by atoms with Gasteiger partial charge in [0.2, 0.25) is 0 Å². The first kappa shape index (κ1) is 17.2. The molecule has 0 N–H and O–H groups in total. The fraction of sp³-hybridized carbons (Fsp3) is 0.684. The van der Waals surface area contributed by atoms with Crippen LogP contribution in [0.4, 0.5) is 5.82 Å². The van der Waals surface area contributed by atoms with Crippen LogP contribution in [-0.4, -0.2) is 54.7 Å². The number of rotatable bonds is 6. The molecule has 1 atom stereocenters. The number of piperazine rings is 1. The topological polar surface area (TPSA) is 45.7 Å². The van der Waals surface area contributed by atoms with Gasteiger partial charge in [-0.1, -0.05) is 19.9 Å². The zero-order chi connectivity index (χ0) is 17.0. The third kappa shape index (κ3) is 3.56. The van der Waals surface area contributed by atoms with Crippen molar-refractivity contribution in [1.29, 1.82) is 0 Å². The number of ether oxygens (including phenoxy) is 1. The number of hydrogen-bond acceptors (Lipinski definition) is 5. The molecule has 3 rings (SSSR count). The normalized spacial score (nSPS) is 24.2. The van der Waals surface area contributed by atoms with Crippen molar-refractivity contribution >= 4 is 11.8 Å². The average molecular weight is 331 g/mol. The lowest BCUT2D eigenvalue weighted by atomic mass is 9.79. The van der Waals surface area contributed by atoms with Gasteiger partial charge in [-0.25, -0.2) is 4.98 Å². The van der Waals surface area contributed by atoms with Gasteiger partial charge in [0.1, 0.15) is 11.9 Å². The minimum absolute atomic E-state index is 0.0254. The zero-order valence-corrected chi connectivity index (χ0v) is 14.9. The number of carbonyl (C=O) groups excluding carboxylic acids is 1. The van der Waals surface area contributed by atoms with E-state index in [9.17, 15) is 4.79 Å². The molecule has 2 saturated heterocycles. The van der Waals surface area contributed by atoms with Crippen LogP contribution in [0.5, 0.6) is 0 Å². The predicted molar refractivity (Wildman–Crippen MR) is 95.0 cm³/mol. The first-order valence-electron chi connectivity index (χ1n) is 9.26. The van der Waals surface area contributed by atoms with E-state index in [1.54, 1.807) is 0 Å².